The number of nitrogens with one attached hydrogen (secondary N) is 1. The highest BCUT2D eigenvalue weighted by Gasteiger charge is 2.18. The Labute approximate surface area is 163 Å². The fourth-order valence-electron chi connectivity index (χ4n) is 3.64. The molecule has 28 heavy (non-hydrogen) atoms. The van der Waals surface area contributed by atoms with Crippen molar-refractivity contribution in [1.82, 2.24) is 19.9 Å². The normalized spacial score (nSPS) is 15.3. The second-order valence-corrected chi connectivity index (χ2v) is 7.16. The summed E-state index contributed by atoms with van der Waals surface area (Å²) in [6.07, 6.45) is 2.60. The fourth-order valence-corrected chi connectivity index (χ4v) is 3.64. The highest BCUT2D eigenvalue weighted by atomic mass is 16.3. The zero-order chi connectivity index (χ0) is 19.5. The summed E-state index contributed by atoms with van der Waals surface area (Å²) in [5.41, 5.74) is 4.16. The number of pyridine rings is 3. The molecule has 4 heterocycles. The van der Waals surface area contributed by atoms with Crippen molar-refractivity contribution in [2.75, 3.05) is 31.1 Å². The molecule has 0 aliphatic carbocycles. The van der Waals surface area contributed by atoms with Gasteiger partial charge in [0.05, 0.1) is 23.3 Å². The number of hydrogen-bond acceptors (Lipinski definition) is 6. The maximum atomic E-state index is 12.1. The van der Waals surface area contributed by atoms with Crippen LogP contribution in [0.4, 0.5) is 5.82 Å². The topological polar surface area (TPSA) is 85.3 Å². The molecule has 7 heteroatoms. The average molecular weight is 379 g/mol. The van der Waals surface area contributed by atoms with E-state index in [4.69, 9.17) is 0 Å². The molecule has 0 atom stereocenters. The van der Waals surface area contributed by atoms with Gasteiger partial charge in [0.2, 0.25) is 0 Å². The second-order valence-electron chi connectivity index (χ2n) is 7.16. The minimum atomic E-state index is -0.0371. The molecule has 0 bridgehead atoms. The van der Waals surface area contributed by atoms with Crippen LogP contribution in [0, 0.1) is 0 Å². The zero-order valence-corrected chi connectivity index (χ0v) is 16.1. The molecule has 0 amide bonds. The Morgan fingerprint density at radius 1 is 1.18 bits per heavy atom. The number of aromatic amines is 1. The van der Waals surface area contributed by atoms with Gasteiger partial charge in [-0.3, -0.25) is 14.7 Å². The number of piperazine rings is 1. The third kappa shape index (κ3) is 3.90. The Hall–Kier alpha value is -2.77. The number of fused-ring (bicyclic) bond motifs is 1. The molecule has 3 aromatic heterocycles. The molecule has 7 nitrogen and oxygen atoms in total. The van der Waals surface area contributed by atoms with E-state index in [2.05, 4.69) is 24.8 Å². The predicted octanol–water partition coefficient (Wildman–Crippen LogP) is 1.69. The molecule has 1 aliphatic rings. The Bertz CT molecular complexity index is 1020. The molecule has 0 spiro atoms. The Morgan fingerprint density at radius 2 is 2.00 bits per heavy atom. The van der Waals surface area contributed by atoms with Crippen LogP contribution in [0.15, 0.2) is 41.3 Å². The van der Waals surface area contributed by atoms with E-state index in [1.807, 2.05) is 43.5 Å². The summed E-state index contributed by atoms with van der Waals surface area (Å²) < 4.78 is 0. The van der Waals surface area contributed by atoms with Crippen LogP contribution in [-0.2, 0) is 19.6 Å². The summed E-state index contributed by atoms with van der Waals surface area (Å²) in [5.74, 6) is 0.919. The number of rotatable bonds is 5. The standard InChI is InChI=1S/C21H25N5O2/c1-2-16-11-18-19(24-21(16)28)10-15(12-22-18)13-25-6-8-26(9-7-25)20-5-3-4-17(14-27)23-20/h3-5,10-12,27H,2,6-9,13-14H2,1H3,(H,24,28). The van der Waals surface area contributed by atoms with Crippen LogP contribution in [0.25, 0.3) is 11.0 Å². The zero-order valence-electron chi connectivity index (χ0n) is 16.1. The smallest absolute Gasteiger partial charge is 0.251 e. The van der Waals surface area contributed by atoms with Gasteiger partial charge in [-0.25, -0.2) is 4.98 Å². The van der Waals surface area contributed by atoms with E-state index in [0.717, 1.165) is 60.7 Å². The number of aryl methyl sites for hydroxylation is 1. The summed E-state index contributed by atoms with van der Waals surface area (Å²) in [6, 6.07) is 9.67. The van der Waals surface area contributed by atoms with Crippen LogP contribution in [0.1, 0.15) is 23.7 Å². The lowest BCUT2D eigenvalue weighted by Crippen LogP contribution is -2.46. The lowest BCUT2D eigenvalue weighted by Gasteiger charge is -2.35. The lowest BCUT2D eigenvalue weighted by molar-refractivity contribution is 0.248. The SMILES string of the molecule is CCc1cc2ncc(CN3CCN(c4cccc(CO)n4)CC3)cc2[nH]c1=O. The average Bonchev–Trinajstić information content (AvgIpc) is 2.74. The maximum absolute atomic E-state index is 12.1. The number of anilines is 1. The van der Waals surface area contributed by atoms with Gasteiger partial charge in [0.25, 0.3) is 5.56 Å². The number of aromatic nitrogens is 3. The molecule has 0 unspecified atom stereocenters. The van der Waals surface area contributed by atoms with Gasteiger partial charge in [-0.2, -0.15) is 0 Å². The van der Waals surface area contributed by atoms with Gasteiger partial charge in [-0.1, -0.05) is 13.0 Å². The molecule has 1 aliphatic heterocycles. The van der Waals surface area contributed by atoms with Crippen molar-refractivity contribution in [1.29, 1.82) is 0 Å². The highest BCUT2D eigenvalue weighted by molar-refractivity contribution is 5.74. The number of aliphatic hydroxyl groups excluding tert-OH is 1. The molecule has 0 radical (unpaired) electrons. The van der Waals surface area contributed by atoms with E-state index < -0.39 is 0 Å². The van der Waals surface area contributed by atoms with E-state index in [1.54, 1.807) is 0 Å². The van der Waals surface area contributed by atoms with Crippen LogP contribution < -0.4 is 10.5 Å². The lowest BCUT2D eigenvalue weighted by atomic mass is 10.1. The first-order valence-corrected chi connectivity index (χ1v) is 9.71. The summed E-state index contributed by atoms with van der Waals surface area (Å²) >= 11 is 0. The van der Waals surface area contributed by atoms with E-state index in [9.17, 15) is 9.90 Å². The molecule has 0 aromatic carbocycles. The summed E-state index contributed by atoms with van der Waals surface area (Å²) in [6.45, 7) is 6.37. The van der Waals surface area contributed by atoms with Crippen molar-refractivity contribution >= 4 is 16.9 Å². The molecule has 3 aromatic rings. The first-order chi connectivity index (χ1) is 13.7. The van der Waals surface area contributed by atoms with Gasteiger partial charge >= 0.3 is 0 Å². The quantitative estimate of drug-likeness (QED) is 0.702. The Morgan fingerprint density at radius 3 is 2.75 bits per heavy atom. The van der Waals surface area contributed by atoms with Crippen LogP contribution >= 0.6 is 0 Å². The molecule has 146 valence electrons. The first kappa shape index (κ1) is 18.6. The maximum Gasteiger partial charge on any atom is 0.251 e. The van der Waals surface area contributed by atoms with Gasteiger partial charge in [0, 0.05) is 44.5 Å². The second kappa shape index (κ2) is 8.08. The van der Waals surface area contributed by atoms with Crippen molar-refractivity contribution in [3.05, 3.63) is 63.7 Å². The van der Waals surface area contributed by atoms with Crippen LogP contribution in [0.3, 0.4) is 0 Å². The van der Waals surface area contributed by atoms with E-state index in [1.165, 1.54) is 0 Å². The van der Waals surface area contributed by atoms with Crippen molar-refractivity contribution in [2.24, 2.45) is 0 Å². The summed E-state index contributed by atoms with van der Waals surface area (Å²) in [7, 11) is 0. The van der Waals surface area contributed by atoms with Gasteiger partial charge in [-0.05, 0) is 36.2 Å². The Balaban J connectivity index is 1.42. The van der Waals surface area contributed by atoms with E-state index >= 15 is 0 Å². The van der Waals surface area contributed by atoms with Crippen molar-refractivity contribution in [3.63, 3.8) is 0 Å². The molecule has 1 saturated heterocycles. The number of nitrogens with zero attached hydrogens (tertiary/aromatic N) is 4. The monoisotopic (exact) mass is 379 g/mol. The van der Waals surface area contributed by atoms with Crippen molar-refractivity contribution < 1.29 is 5.11 Å². The molecular weight excluding hydrogens is 354 g/mol. The first-order valence-electron chi connectivity index (χ1n) is 9.71. The number of H-pyrrole nitrogens is 1. The number of hydrogen-bond donors (Lipinski definition) is 2. The number of aliphatic hydroxyl groups is 1. The third-order valence-corrected chi connectivity index (χ3v) is 5.26. The summed E-state index contributed by atoms with van der Waals surface area (Å²) in [4.78, 5) is 28.7. The molecule has 1 fully saturated rings. The minimum absolute atomic E-state index is 0.0276. The summed E-state index contributed by atoms with van der Waals surface area (Å²) in [5, 5.41) is 9.27. The Kier molecular flexibility index (Phi) is 5.36. The van der Waals surface area contributed by atoms with Gasteiger partial charge in [-0.15, -0.1) is 0 Å². The van der Waals surface area contributed by atoms with Gasteiger partial charge in [0.1, 0.15) is 5.82 Å². The minimum Gasteiger partial charge on any atom is -0.390 e. The van der Waals surface area contributed by atoms with Crippen LogP contribution in [0.5, 0.6) is 0 Å². The molecular formula is C21H25N5O2. The van der Waals surface area contributed by atoms with Crippen molar-refractivity contribution in [2.45, 2.75) is 26.5 Å². The van der Waals surface area contributed by atoms with Crippen molar-refractivity contribution in [3.8, 4) is 0 Å². The van der Waals surface area contributed by atoms with Gasteiger partial charge < -0.3 is 15.0 Å². The molecule has 4 rings (SSSR count). The van der Waals surface area contributed by atoms with Gasteiger partial charge in [0.15, 0.2) is 0 Å². The largest absolute Gasteiger partial charge is 0.390 e. The van der Waals surface area contributed by atoms with E-state index in [-0.39, 0.29) is 12.2 Å². The van der Waals surface area contributed by atoms with Crippen LogP contribution in [0.2, 0.25) is 0 Å². The fraction of sp³-hybridized carbons (Fsp3) is 0.381. The molecule has 2 N–H and O–H groups in total. The van der Waals surface area contributed by atoms with Crippen LogP contribution in [-0.4, -0.2) is 51.1 Å². The molecule has 0 saturated carbocycles. The predicted molar refractivity (Wildman–Crippen MR) is 109 cm³/mol. The van der Waals surface area contributed by atoms with E-state index in [0.29, 0.717) is 12.1 Å². The highest BCUT2D eigenvalue weighted by Crippen LogP contribution is 2.17. The third-order valence-electron chi connectivity index (χ3n) is 5.26.